The molecule has 0 radical (unpaired) electrons. The smallest absolute Gasteiger partial charge is 0.0822 e. The summed E-state index contributed by atoms with van der Waals surface area (Å²) in [5.41, 5.74) is 0.722. The summed E-state index contributed by atoms with van der Waals surface area (Å²) in [6, 6.07) is 2.54. The van der Waals surface area contributed by atoms with Crippen molar-refractivity contribution in [2.45, 2.75) is 52.9 Å². The van der Waals surface area contributed by atoms with E-state index in [1.165, 1.54) is 0 Å². The molecular formula is C16H25N. The molecule has 0 aromatic carbocycles. The largest absolute Gasteiger partial charge is 0.197 e. The minimum Gasteiger partial charge on any atom is -0.197 e. The van der Waals surface area contributed by atoms with Gasteiger partial charge < -0.3 is 0 Å². The molecule has 0 aliphatic heterocycles. The first-order chi connectivity index (χ1) is 8.20. The fourth-order valence-electron chi connectivity index (χ4n) is 2.12. The van der Waals surface area contributed by atoms with Crippen molar-refractivity contribution in [1.82, 2.24) is 0 Å². The molecule has 0 aliphatic carbocycles. The van der Waals surface area contributed by atoms with Crippen LogP contribution in [0.15, 0.2) is 36.5 Å². The highest BCUT2D eigenvalue weighted by Crippen LogP contribution is 2.38. The third-order valence-corrected chi connectivity index (χ3v) is 3.09. The number of rotatable bonds is 8. The summed E-state index contributed by atoms with van der Waals surface area (Å²) in [4.78, 5) is 0. The van der Waals surface area contributed by atoms with Gasteiger partial charge in [-0.3, -0.25) is 0 Å². The van der Waals surface area contributed by atoms with E-state index < -0.39 is 0 Å². The van der Waals surface area contributed by atoms with Crippen molar-refractivity contribution < 1.29 is 0 Å². The maximum absolute atomic E-state index is 9.57. The normalized spacial score (nSPS) is 15.5. The molecule has 1 nitrogen and oxygen atoms in total. The molecule has 0 saturated carbocycles. The van der Waals surface area contributed by atoms with Gasteiger partial charge in [0, 0.05) is 0 Å². The highest BCUT2D eigenvalue weighted by atomic mass is 14.4. The quantitative estimate of drug-likeness (QED) is 0.528. The van der Waals surface area contributed by atoms with Gasteiger partial charge in [-0.25, -0.2) is 0 Å². The third kappa shape index (κ3) is 4.61. The first-order valence-corrected chi connectivity index (χ1v) is 6.57. The van der Waals surface area contributed by atoms with Crippen LogP contribution in [-0.4, -0.2) is 0 Å². The zero-order valence-corrected chi connectivity index (χ0v) is 11.5. The maximum atomic E-state index is 9.57. The Morgan fingerprint density at radius 1 is 1.29 bits per heavy atom. The zero-order valence-electron chi connectivity index (χ0n) is 11.5. The molecule has 94 valence electrons. The summed E-state index contributed by atoms with van der Waals surface area (Å²) in [7, 11) is 0. The molecule has 0 saturated heterocycles. The van der Waals surface area contributed by atoms with Gasteiger partial charge in [0.1, 0.15) is 0 Å². The van der Waals surface area contributed by atoms with E-state index in [0.29, 0.717) is 0 Å². The van der Waals surface area contributed by atoms with Gasteiger partial charge in [-0.2, -0.15) is 5.26 Å². The number of hydrogen-bond acceptors (Lipinski definition) is 1. The molecule has 0 aromatic heterocycles. The predicted octanol–water partition coefficient (Wildman–Crippen LogP) is 5.18. The first kappa shape index (κ1) is 15.7. The van der Waals surface area contributed by atoms with E-state index in [2.05, 4.69) is 26.5 Å². The van der Waals surface area contributed by atoms with Crippen LogP contribution in [0.4, 0.5) is 0 Å². The van der Waals surface area contributed by atoms with Crippen LogP contribution in [0.5, 0.6) is 0 Å². The van der Waals surface area contributed by atoms with E-state index >= 15 is 0 Å². The van der Waals surface area contributed by atoms with Crippen LogP contribution >= 0.6 is 0 Å². The van der Waals surface area contributed by atoms with Crippen molar-refractivity contribution in [2.24, 2.45) is 5.41 Å². The minimum absolute atomic E-state index is 0.341. The molecule has 0 fully saturated rings. The van der Waals surface area contributed by atoms with Crippen molar-refractivity contribution in [2.75, 3.05) is 0 Å². The molecule has 0 rings (SSSR count). The Morgan fingerprint density at radius 3 is 2.41 bits per heavy atom. The second-order valence-electron chi connectivity index (χ2n) is 4.40. The fourth-order valence-corrected chi connectivity index (χ4v) is 2.12. The van der Waals surface area contributed by atoms with Crippen molar-refractivity contribution in [3.63, 3.8) is 0 Å². The Bertz CT molecular complexity index is 317. The van der Waals surface area contributed by atoms with Crippen LogP contribution in [0.3, 0.4) is 0 Å². The van der Waals surface area contributed by atoms with Crippen molar-refractivity contribution in [1.29, 1.82) is 5.26 Å². The van der Waals surface area contributed by atoms with Gasteiger partial charge >= 0.3 is 0 Å². The SMILES string of the molecule is C=C/C(=C\C=C/C)C(C#N)(CCC)CCCC. The summed E-state index contributed by atoms with van der Waals surface area (Å²) < 4.78 is 0. The van der Waals surface area contributed by atoms with Crippen LogP contribution < -0.4 is 0 Å². The molecular weight excluding hydrogens is 206 g/mol. The molecule has 1 unspecified atom stereocenters. The Kier molecular flexibility index (Phi) is 8.15. The highest BCUT2D eigenvalue weighted by molar-refractivity contribution is 5.34. The minimum atomic E-state index is -0.341. The number of allylic oxidation sites excluding steroid dienone is 5. The van der Waals surface area contributed by atoms with Crippen molar-refractivity contribution in [3.05, 3.63) is 36.5 Å². The monoisotopic (exact) mass is 231 g/mol. The number of nitrogens with zero attached hydrogens (tertiary/aromatic N) is 1. The lowest BCUT2D eigenvalue weighted by Gasteiger charge is -2.27. The molecule has 0 aromatic rings. The lowest BCUT2D eigenvalue weighted by atomic mass is 9.73. The van der Waals surface area contributed by atoms with Gasteiger partial charge in [-0.15, -0.1) is 0 Å². The van der Waals surface area contributed by atoms with Gasteiger partial charge in [-0.05, 0) is 25.3 Å². The van der Waals surface area contributed by atoms with Gasteiger partial charge in [0.25, 0.3) is 0 Å². The standard InChI is InChI=1S/C16H25N/c1-5-9-11-15(8-4)16(14-17,12-7-3)13-10-6-2/h5,8-9,11H,4,6-7,10,12-13H2,1-3H3/b9-5-,15-11+. The average molecular weight is 231 g/mol. The van der Waals surface area contributed by atoms with Crippen molar-refractivity contribution >= 4 is 0 Å². The molecule has 0 spiro atoms. The summed E-state index contributed by atoms with van der Waals surface area (Å²) in [5.74, 6) is 0. The van der Waals surface area contributed by atoms with E-state index in [9.17, 15) is 5.26 Å². The maximum Gasteiger partial charge on any atom is 0.0822 e. The fraction of sp³-hybridized carbons (Fsp3) is 0.562. The first-order valence-electron chi connectivity index (χ1n) is 6.57. The van der Waals surface area contributed by atoms with Crippen LogP contribution in [0.2, 0.25) is 0 Å². The highest BCUT2D eigenvalue weighted by Gasteiger charge is 2.31. The van der Waals surface area contributed by atoms with E-state index in [1.807, 2.05) is 31.2 Å². The lowest BCUT2D eigenvalue weighted by molar-refractivity contribution is 0.390. The van der Waals surface area contributed by atoms with Gasteiger partial charge in [0.2, 0.25) is 0 Å². The Morgan fingerprint density at radius 2 is 2.00 bits per heavy atom. The summed E-state index contributed by atoms with van der Waals surface area (Å²) in [5, 5.41) is 9.57. The summed E-state index contributed by atoms with van der Waals surface area (Å²) in [6.07, 6.45) is 12.9. The molecule has 0 aliphatic rings. The van der Waals surface area contributed by atoms with Crippen LogP contribution in [0.1, 0.15) is 52.9 Å². The Hall–Kier alpha value is -1.29. The average Bonchev–Trinajstić information content (AvgIpc) is 2.36. The van der Waals surface area contributed by atoms with Crippen LogP contribution in [-0.2, 0) is 0 Å². The van der Waals surface area contributed by atoms with Crippen LogP contribution in [0, 0.1) is 16.7 Å². The van der Waals surface area contributed by atoms with Crippen LogP contribution in [0.25, 0.3) is 0 Å². The van der Waals surface area contributed by atoms with E-state index in [0.717, 1.165) is 37.7 Å². The summed E-state index contributed by atoms with van der Waals surface area (Å²) >= 11 is 0. The Labute approximate surface area is 107 Å². The topological polar surface area (TPSA) is 23.8 Å². The van der Waals surface area contributed by atoms with E-state index in [-0.39, 0.29) is 5.41 Å². The Balaban J connectivity index is 5.23. The second-order valence-corrected chi connectivity index (χ2v) is 4.40. The van der Waals surface area contributed by atoms with Gasteiger partial charge in [-0.1, -0.05) is 64.0 Å². The molecule has 1 atom stereocenters. The third-order valence-electron chi connectivity index (χ3n) is 3.09. The molecule has 1 heteroatoms. The lowest BCUT2D eigenvalue weighted by Crippen LogP contribution is -2.20. The number of hydrogen-bond donors (Lipinski definition) is 0. The molecule has 0 N–H and O–H groups in total. The van der Waals surface area contributed by atoms with E-state index in [1.54, 1.807) is 0 Å². The summed E-state index contributed by atoms with van der Waals surface area (Å²) in [6.45, 7) is 10.1. The molecule has 0 heterocycles. The molecule has 0 amide bonds. The van der Waals surface area contributed by atoms with E-state index in [4.69, 9.17) is 0 Å². The van der Waals surface area contributed by atoms with Gasteiger partial charge in [0.05, 0.1) is 11.5 Å². The van der Waals surface area contributed by atoms with Gasteiger partial charge in [0.15, 0.2) is 0 Å². The zero-order chi connectivity index (χ0) is 13.1. The van der Waals surface area contributed by atoms with Crippen molar-refractivity contribution in [3.8, 4) is 6.07 Å². The predicted molar refractivity (Wildman–Crippen MR) is 75.6 cm³/mol. The molecule has 17 heavy (non-hydrogen) atoms. The number of nitriles is 1. The molecule has 0 bridgehead atoms. The number of unbranched alkanes of at least 4 members (excludes halogenated alkanes) is 1. The second kappa shape index (κ2) is 8.82.